The molecule has 0 aliphatic carbocycles. The van der Waals surface area contributed by atoms with E-state index < -0.39 is 11.8 Å². The van der Waals surface area contributed by atoms with Gasteiger partial charge in [-0.3, -0.25) is 9.59 Å². The summed E-state index contributed by atoms with van der Waals surface area (Å²) in [6.07, 6.45) is 1.94. The Morgan fingerprint density at radius 1 is 1.22 bits per heavy atom. The first-order valence-corrected chi connectivity index (χ1v) is 8.97. The van der Waals surface area contributed by atoms with Crippen LogP contribution in [0.3, 0.4) is 0 Å². The summed E-state index contributed by atoms with van der Waals surface area (Å²) in [4.78, 5) is 24.2. The molecule has 0 saturated carbocycles. The molecule has 5 nitrogen and oxygen atoms in total. The topological polar surface area (TPSA) is 66.8 Å². The van der Waals surface area contributed by atoms with Gasteiger partial charge in [-0.15, -0.1) is 0 Å². The summed E-state index contributed by atoms with van der Waals surface area (Å²) >= 11 is 0. The quantitative estimate of drug-likeness (QED) is 0.840. The van der Waals surface area contributed by atoms with Crippen LogP contribution in [0.5, 0.6) is 5.75 Å². The number of anilines is 1. The summed E-state index contributed by atoms with van der Waals surface area (Å²) in [5, 5.41) is 8.70. The number of carbonyl (C=O) groups excluding carboxylic acids is 1. The molecule has 0 radical (unpaired) electrons. The van der Waals surface area contributed by atoms with E-state index >= 15 is 0 Å². The number of nitrogens with zero attached hydrogens (tertiary/aromatic N) is 1. The van der Waals surface area contributed by atoms with Crippen molar-refractivity contribution in [1.29, 1.82) is 0 Å². The first kappa shape index (κ1) is 18.9. The number of amides is 1. The number of halogens is 1. The second-order valence-corrected chi connectivity index (χ2v) is 6.67. The Hall–Kier alpha value is -2.89. The lowest BCUT2D eigenvalue weighted by atomic mass is 9.99. The molecule has 0 bridgehead atoms. The highest BCUT2D eigenvalue weighted by Crippen LogP contribution is 2.29. The fourth-order valence-electron chi connectivity index (χ4n) is 3.27. The minimum Gasteiger partial charge on any atom is -0.489 e. The third kappa shape index (κ3) is 4.64. The number of ether oxygens (including phenoxy) is 1. The van der Waals surface area contributed by atoms with Crippen LogP contribution in [-0.4, -0.2) is 23.5 Å². The number of hydrogen-bond donors (Lipinski definition) is 1. The van der Waals surface area contributed by atoms with Crippen molar-refractivity contribution in [2.45, 2.75) is 39.2 Å². The molecule has 1 heterocycles. The maximum atomic E-state index is 14.1. The molecule has 1 N–H and O–H groups in total. The van der Waals surface area contributed by atoms with Crippen LogP contribution in [-0.2, 0) is 29.0 Å². The third-order valence-electron chi connectivity index (χ3n) is 4.69. The molecule has 0 spiro atoms. The summed E-state index contributed by atoms with van der Waals surface area (Å²) in [6.45, 7) is 2.54. The van der Waals surface area contributed by atoms with E-state index in [9.17, 15) is 14.0 Å². The Kier molecular flexibility index (Phi) is 5.74. The fraction of sp³-hybridized carbons (Fsp3) is 0.333. The molecule has 3 rings (SSSR count). The zero-order valence-electron chi connectivity index (χ0n) is 15.2. The van der Waals surface area contributed by atoms with Crippen LogP contribution >= 0.6 is 0 Å². The van der Waals surface area contributed by atoms with Gasteiger partial charge in [0.2, 0.25) is 5.91 Å². The van der Waals surface area contributed by atoms with Gasteiger partial charge in [0.25, 0.3) is 0 Å². The molecule has 1 aliphatic heterocycles. The van der Waals surface area contributed by atoms with E-state index in [-0.39, 0.29) is 25.4 Å². The number of carbonyl (C=O) groups is 2. The molecule has 6 heteroatoms. The smallest absolute Gasteiger partial charge is 0.303 e. The first-order chi connectivity index (χ1) is 12.9. The summed E-state index contributed by atoms with van der Waals surface area (Å²) < 4.78 is 19.8. The van der Waals surface area contributed by atoms with Gasteiger partial charge < -0.3 is 14.7 Å². The number of aliphatic carboxylic acids is 1. The van der Waals surface area contributed by atoms with E-state index in [1.54, 1.807) is 24.0 Å². The van der Waals surface area contributed by atoms with Crippen molar-refractivity contribution in [3.63, 3.8) is 0 Å². The fourth-order valence-corrected chi connectivity index (χ4v) is 3.27. The van der Waals surface area contributed by atoms with Crippen molar-refractivity contribution in [2.24, 2.45) is 0 Å². The molecule has 0 saturated heterocycles. The molecule has 27 heavy (non-hydrogen) atoms. The number of fused-ring (bicyclic) bond motifs is 1. The zero-order valence-corrected chi connectivity index (χ0v) is 15.2. The van der Waals surface area contributed by atoms with Crippen LogP contribution in [0.1, 0.15) is 36.5 Å². The van der Waals surface area contributed by atoms with E-state index in [1.807, 2.05) is 18.2 Å². The monoisotopic (exact) mass is 371 g/mol. The predicted molar refractivity (Wildman–Crippen MR) is 99.5 cm³/mol. The van der Waals surface area contributed by atoms with Crippen LogP contribution in [0.4, 0.5) is 10.1 Å². The molecule has 0 unspecified atom stereocenters. The molecule has 0 aromatic heterocycles. The predicted octanol–water partition coefficient (Wildman–Crippen LogP) is 3.72. The van der Waals surface area contributed by atoms with E-state index in [0.29, 0.717) is 11.3 Å². The van der Waals surface area contributed by atoms with Gasteiger partial charge in [-0.2, -0.15) is 0 Å². The van der Waals surface area contributed by atoms with E-state index in [0.717, 1.165) is 36.2 Å². The average molecular weight is 371 g/mol. The molecule has 1 aliphatic rings. The Morgan fingerprint density at radius 2 is 2.04 bits per heavy atom. The summed E-state index contributed by atoms with van der Waals surface area (Å²) in [6, 6.07) is 10.4. The SMILES string of the molecule is CC(=O)N1CCCc2ccc(COc3ccc(CCC(=O)O)c(F)c3)cc21. The number of carboxylic acids is 1. The highest BCUT2D eigenvalue weighted by molar-refractivity contribution is 5.92. The number of hydrogen-bond acceptors (Lipinski definition) is 3. The van der Waals surface area contributed by atoms with Crippen molar-refractivity contribution in [2.75, 3.05) is 11.4 Å². The third-order valence-corrected chi connectivity index (χ3v) is 4.69. The van der Waals surface area contributed by atoms with Crippen LogP contribution < -0.4 is 9.64 Å². The van der Waals surface area contributed by atoms with Crippen LogP contribution in [0.15, 0.2) is 36.4 Å². The van der Waals surface area contributed by atoms with Gasteiger partial charge in [-0.05, 0) is 48.1 Å². The lowest BCUT2D eigenvalue weighted by Crippen LogP contribution is -2.33. The Labute approximate surface area is 157 Å². The zero-order chi connectivity index (χ0) is 19.4. The standard InChI is InChI=1S/C21H22FNO4/c1-14(24)23-10-2-3-17-5-4-15(11-20(17)23)13-27-18-8-6-16(19(22)12-18)7-9-21(25)26/h4-6,8,11-12H,2-3,7,9-10,13H2,1H3,(H,25,26). The molecule has 2 aromatic rings. The van der Waals surface area contributed by atoms with Gasteiger partial charge in [0, 0.05) is 31.6 Å². The minimum absolute atomic E-state index is 0.0213. The van der Waals surface area contributed by atoms with Crippen molar-refractivity contribution in [1.82, 2.24) is 0 Å². The second kappa shape index (κ2) is 8.20. The summed E-state index contributed by atoms with van der Waals surface area (Å²) in [5.74, 6) is -1.02. The lowest BCUT2D eigenvalue weighted by Gasteiger charge is -2.29. The van der Waals surface area contributed by atoms with Gasteiger partial charge in [-0.1, -0.05) is 18.2 Å². The van der Waals surface area contributed by atoms with Gasteiger partial charge in [0.1, 0.15) is 18.2 Å². The van der Waals surface area contributed by atoms with Crippen LogP contribution in [0.2, 0.25) is 0 Å². The number of rotatable bonds is 6. The molecular weight excluding hydrogens is 349 g/mol. The molecule has 0 fully saturated rings. The van der Waals surface area contributed by atoms with Gasteiger partial charge in [0.15, 0.2) is 0 Å². The molecule has 142 valence electrons. The lowest BCUT2D eigenvalue weighted by molar-refractivity contribution is -0.137. The van der Waals surface area contributed by atoms with Gasteiger partial charge >= 0.3 is 5.97 Å². The Bertz CT molecular complexity index is 865. The summed E-state index contributed by atoms with van der Waals surface area (Å²) in [7, 11) is 0. The largest absolute Gasteiger partial charge is 0.489 e. The minimum atomic E-state index is -0.957. The summed E-state index contributed by atoms with van der Waals surface area (Å²) in [5.41, 5.74) is 3.33. The number of benzene rings is 2. The maximum Gasteiger partial charge on any atom is 0.303 e. The molecule has 0 atom stereocenters. The van der Waals surface area contributed by atoms with Gasteiger partial charge in [0.05, 0.1) is 0 Å². The number of carboxylic acid groups (broad SMARTS) is 1. The average Bonchev–Trinajstić information content (AvgIpc) is 2.64. The Balaban J connectivity index is 1.68. The first-order valence-electron chi connectivity index (χ1n) is 8.97. The van der Waals surface area contributed by atoms with Crippen molar-refractivity contribution < 1.29 is 23.8 Å². The second-order valence-electron chi connectivity index (χ2n) is 6.67. The normalized spacial score (nSPS) is 13.2. The van der Waals surface area contributed by atoms with Crippen molar-refractivity contribution in [3.8, 4) is 5.75 Å². The van der Waals surface area contributed by atoms with E-state index in [4.69, 9.17) is 9.84 Å². The van der Waals surface area contributed by atoms with Gasteiger partial charge in [-0.25, -0.2) is 4.39 Å². The molecule has 1 amide bonds. The molecule has 2 aromatic carbocycles. The highest BCUT2D eigenvalue weighted by Gasteiger charge is 2.20. The van der Waals surface area contributed by atoms with Crippen molar-refractivity contribution in [3.05, 3.63) is 58.9 Å². The highest BCUT2D eigenvalue weighted by atomic mass is 19.1. The van der Waals surface area contributed by atoms with E-state index in [1.165, 1.54) is 6.07 Å². The molecular formula is C21H22FNO4. The Morgan fingerprint density at radius 3 is 2.74 bits per heavy atom. The van der Waals surface area contributed by atoms with E-state index in [2.05, 4.69) is 0 Å². The van der Waals surface area contributed by atoms with Crippen LogP contribution in [0, 0.1) is 5.82 Å². The van der Waals surface area contributed by atoms with Crippen molar-refractivity contribution >= 4 is 17.6 Å². The van der Waals surface area contributed by atoms with Crippen LogP contribution in [0.25, 0.3) is 0 Å². The number of aryl methyl sites for hydroxylation is 2. The maximum absolute atomic E-state index is 14.1.